The Bertz CT molecular complexity index is 723. The van der Waals surface area contributed by atoms with E-state index in [2.05, 4.69) is 29.6 Å². The van der Waals surface area contributed by atoms with E-state index in [1.165, 1.54) is 18.4 Å². The van der Waals surface area contributed by atoms with Gasteiger partial charge in [-0.3, -0.25) is 10.1 Å². The van der Waals surface area contributed by atoms with E-state index in [1.807, 2.05) is 24.3 Å². The van der Waals surface area contributed by atoms with Gasteiger partial charge in [0.25, 0.3) is 0 Å². The van der Waals surface area contributed by atoms with Crippen molar-refractivity contribution in [3.63, 3.8) is 0 Å². The van der Waals surface area contributed by atoms with Crippen molar-refractivity contribution in [1.82, 2.24) is 5.32 Å². The molecule has 5 atom stereocenters. The quantitative estimate of drug-likeness (QED) is 0.804. The van der Waals surface area contributed by atoms with E-state index in [4.69, 9.17) is 4.74 Å². The van der Waals surface area contributed by atoms with Gasteiger partial charge in [-0.2, -0.15) is 0 Å². The molecular weight excluding hydrogens is 298 g/mol. The molecule has 1 N–H and O–H groups in total. The number of fused-ring (bicyclic) bond motifs is 1. The molecule has 4 aliphatic rings. The van der Waals surface area contributed by atoms with Crippen molar-refractivity contribution in [3.8, 4) is 0 Å². The van der Waals surface area contributed by atoms with E-state index in [0.29, 0.717) is 18.4 Å². The third-order valence-corrected chi connectivity index (χ3v) is 6.35. The summed E-state index contributed by atoms with van der Waals surface area (Å²) >= 11 is 0. The van der Waals surface area contributed by atoms with E-state index in [1.54, 1.807) is 0 Å². The molecule has 1 aromatic carbocycles. The predicted octanol–water partition coefficient (Wildman–Crippen LogP) is 3.55. The summed E-state index contributed by atoms with van der Waals surface area (Å²) in [5.74, 6) is 1.42. The molecule has 0 radical (unpaired) electrons. The van der Waals surface area contributed by atoms with Crippen LogP contribution in [0, 0.1) is 17.8 Å². The average Bonchev–Trinajstić information content (AvgIpc) is 3.07. The molecule has 3 aliphatic carbocycles. The van der Waals surface area contributed by atoms with Crippen molar-refractivity contribution < 1.29 is 9.53 Å². The summed E-state index contributed by atoms with van der Waals surface area (Å²) in [6.45, 7) is 0.705. The first kappa shape index (κ1) is 14.6. The van der Waals surface area contributed by atoms with Crippen molar-refractivity contribution in [2.24, 2.45) is 17.8 Å². The number of carbonyl (C=O) groups excluding carboxylic acids is 1. The maximum atomic E-state index is 13.1. The van der Waals surface area contributed by atoms with Crippen LogP contribution in [-0.2, 0) is 9.53 Å². The van der Waals surface area contributed by atoms with E-state index < -0.39 is 5.72 Å². The highest BCUT2D eigenvalue weighted by atomic mass is 16.5. The Hall–Kier alpha value is -1.71. The zero-order valence-electron chi connectivity index (χ0n) is 13.8. The number of ether oxygens (including phenoxy) is 1. The van der Waals surface area contributed by atoms with Gasteiger partial charge in [0.1, 0.15) is 0 Å². The normalized spacial score (nSPS) is 40.5. The fourth-order valence-electron chi connectivity index (χ4n) is 5.30. The molecule has 0 unspecified atom stereocenters. The third-order valence-electron chi connectivity index (χ3n) is 6.35. The lowest BCUT2D eigenvalue weighted by atomic mass is 9.59. The number of allylic oxidation sites excluding steroid dienone is 3. The molecule has 1 heterocycles. The molecule has 1 aromatic rings. The first-order chi connectivity index (χ1) is 11.8. The maximum Gasteiger partial charge on any atom is 0.202 e. The van der Waals surface area contributed by atoms with E-state index >= 15 is 0 Å². The average molecular weight is 321 g/mol. The smallest absolute Gasteiger partial charge is 0.202 e. The number of benzene rings is 1. The van der Waals surface area contributed by atoms with Gasteiger partial charge in [0.15, 0.2) is 5.72 Å². The Morgan fingerprint density at radius 1 is 1.21 bits per heavy atom. The van der Waals surface area contributed by atoms with Gasteiger partial charge in [-0.1, -0.05) is 48.1 Å². The van der Waals surface area contributed by atoms with Crippen molar-refractivity contribution in [1.29, 1.82) is 0 Å². The van der Waals surface area contributed by atoms with Crippen LogP contribution in [0.5, 0.6) is 0 Å². The fraction of sp³-hybridized carbons (Fsp3) is 0.476. The predicted molar refractivity (Wildman–Crippen MR) is 92.2 cm³/mol. The van der Waals surface area contributed by atoms with Crippen molar-refractivity contribution in [2.45, 2.75) is 37.5 Å². The molecular formula is C21H23NO2. The number of nitrogens with one attached hydrogen (secondary N) is 1. The molecule has 3 nitrogen and oxygen atoms in total. The molecule has 0 bridgehead atoms. The van der Waals surface area contributed by atoms with Crippen LogP contribution in [0.4, 0.5) is 0 Å². The first-order valence-corrected chi connectivity index (χ1v) is 9.17. The molecule has 1 aliphatic heterocycles. The molecule has 0 amide bonds. The van der Waals surface area contributed by atoms with Crippen LogP contribution in [0.15, 0.2) is 54.1 Å². The molecule has 0 aromatic heterocycles. The number of hydrogen-bond acceptors (Lipinski definition) is 3. The van der Waals surface area contributed by atoms with Crippen LogP contribution in [0.1, 0.15) is 37.4 Å². The van der Waals surface area contributed by atoms with E-state index in [9.17, 15) is 4.79 Å². The van der Waals surface area contributed by atoms with Crippen LogP contribution in [0.25, 0.3) is 0 Å². The van der Waals surface area contributed by atoms with Gasteiger partial charge in [0.05, 0.1) is 6.10 Å². The second-order valence-electron chi connectivity index (χ2n) is 7.57. The van der Waals surface area contributed by atoms with Crippen LogP contribution < -0.4 is 5.32 Å². The highest BCUT2D eigenvalue weighted by molar-refractivity contribution is 5.99. The number of rotatable bonds is 1. The lowest BCUT2D eigenvalue weighted by Crippen LogP contribution is -2.60. The van der Waals surface area contributed by atoms with Gasteiger partial charge >= 0.3 is 0 Å². The molecule has 124 valence electrons. The number of carbonyl (C=O) groups is 1. The maximum absolute atomic E-state index is 13.1. The Morgan fingerprint density at radius 3 is 2.96 bits per heavy atom. The Morgan fingerprint density at radius 2 is 2.08 bits per heavy atom. The molecule has 3 heteroatoms. The lowest BCUT2D eigenvalue weighted by molar-refractivity contribution is -0.157. The van der Waals surface area contributed by atoms with Crippen molar-refractivity contribution in [2.75, 3.05) is 6.54 Å². The first-order valence-electron chi connectivity index (χ1n) is 9.17. The summed E-state index contributed by atoms with van der Waals surface area (Å²) in [5.41, 5.74) is 1.69. The standard InChI is InChI=1S/C21H23NO2/c23-19-12-16-10-4-8-15-9-5-11-17(20(15)16)21(19)22-13-18(24-21)14-6-2-1-3-7-14/h1-3,5-7,9,12,15,17-18,20,22H,4,8,10-11,13H2/t15-,17+,18+,20+,21+/m1/s1. The summed E-state index contributed by atoms with van der Waals surface area (Å²) in [7, 11) is 0. The molecule has 24 heavy (non-hydrogen) atoms. The topological polar surface area (TPSA) is 38.3 Å². The van der Waals surface area contributed by atoms with Crippen LogP contribution >= 0.6 is 0 Å². The largest absolute Gasteiger partial charge is 0.343 e. The van der Waals surface area contributed by atoms with Gasteiger partial charge < -0.3 is 4.74 Å². The minimum Gasteiger partial charge on any atom is -0.343 e. The second-order valence-corrected chi connectivity index (χ2v) is 7.57. The lowest BCUT2D eigenvalue weighted by Gasteiger charge is -2.49. The van der Waals surface area contributed by atoms with Gasteiger partial charge in [-0.15, -0.1) is 0 Å². The summed E-state index contributed by atoms with van der Waals surface area (Å²) < 4.78 is 6.48. The van der Waals surface area contributed by atoms with Gasteiger partial charge in [0, 0.05) is 12.5 Å². The van der Waals surface area contributed by atoms with Crippen molar-refractivity contribution in [3.05, 3.63) is 59.7 Å². The van der Waals surface area contributed by atoms with E-state index in [0.717, 1.165) is 18.4 Å². The summed E-state index contributed by atoms with van der Waals surface area (Å²) in [5, 5.41) is 3.51. The third kappa shape index (κ3) is 2.01. The summed E-state index contributed by atoms with van der Waals surface area (Å²) in [6, 6.07) is 10.3. The van der Waals surface area contributed by atoms with Gasteiger partial charge in [-0.05, 0) is 49.2 Å². The minimum atomic E-state index is -0.824. The van der Waals surface area contributed by atoms with Gasteiger partial charge in [0.2, 0.25) is 5.78 Å². The molecule has 1 saturated carbocycles. The van der Waals surface area contributed by atoms with Crippen LogP contribution in [0.3, 0.4) is 0 Å². The monoisotopic (exact) mass is 321 g/mol. The van der Waals surface area contributed by atoms with E-state index in [-0.39, 0.29) is 17.8 Å². The SMILES string of the molecule is O=C1C=C2CCC[C@@H]3C=CC[C@@H]([C@H]23)[C@@]12NC[C@@H](c1ccccc1)O2. The summed E-state index contributed by atoms with van der Waals surface area (Å²) in [4.78, 5) is 13.1. The number of ketones is 1. The summed E-state index contributed by atoms with van der Waals surface area (Å²) in [6.07, 6.45) is 11.0. The highest BCUT2D eigenvalue weighted by Gasteiger charge is 2.58. The Labute approximate surface area is 142 Å². The fourth-order valence-corrected chi connectivity index (χ4v) is 5.30. The Balaban J connectivity index is 1.53. The minimum absolute atomic E-state index is 0.0435. The van der Waals surface area contributed by atoms with Crippen molar-refractivity contribution >= 4 is 5.78 Å². The van der Waals surface area contributed by atoms with Gasteiger partial charge in [-0.25, -0.2) is 0 Å². The zero-order valence-corrected chi connectivity index (χ0v) is 13.8. The number of hydrogen-bond donors (Lipinski definition) is 1. The second kappa shape index (κ2) is 5.40. The molecule has 1 saturated heterocycles. The molecule has 5 rings (SSSR count). The molecule has 1 spiro atoms. The van der Waals surface area contributed by atoms with Crippen LogP contribution in [0.2, 0.25) is 0 Å². The zero-order chi connectivity index (χ0) is 16.1. The molecule has 2 fully saturated rings. The Kier molecular flexibility index (Phi) is 3.29. The highest BCUT2D eigenvalue weighted by Crippen LogP contribution is 2.53. The van der Waals surface area contributed by atoms with Crippen LogP contribution in [-0.4, -0.2) is 18.1 Å².